The number of allylic oxidation sites excluding steroid dienone is 8. The molecule has 2 aliphatic carbocycles. The SMILES string of the molecule is C1=CCCC(C2=CC=C(n3c4ccc(-c5ccc(-c6ccccc6)cc5)cc4c4cc(-c5ccc(-c6ccccc6)cc5)ccc43)CC2)=C1. The Morgan fingerprint density at radius 3 is 1.27 bits per heavy atom. The molecule has 0 bridgehead atoms. The Balaban J connectivity index is 1.15. The van der Waals surface area contributed by atoms with Crippen molar-refractivity contribution in [1.29, 1.82) is 0 Å². The van der Waals surface area contributed by atoms with Crippen molar-refractivity contribution in [1.82, 2.24) is 4.57 Å². The van der Waals surface area contributed by atoms with Crippen LogP contribution in [-0.4, -0.2) is 4.57 Å². The molecule has 0 radical (unpaired) electrons. The molecule has 2 aliphatic rings. The van der Waals surface area contributed by atoms with Gasteiger partial charge in [-0.2, -0.15) is 0 Å². The second-order valence-corrected chi connectivity index (χ2v) is 13.2. The molecule has 0 N–H and O–H groups in total. The molecule has 0 atom stereocenters. The maximum Gasteiger partial charge on any atom is 0.0538 e. The van der Waals surface area contributed by atoms with E-state index in [9.17, 15) is 0 Å². The van der Waals surface area contributed by atoms with Crippen LogP contribution in [0.25, 0.3) is 72.0 Å². The van der Waals surface area contributed by atoms with Crippen LogP contribution < -0.4 is 0 Å². The molecule has 0 aliphatic heterocycles. The second-order valence-electron chi connectivity index (χ2n) is 13.2. The minimum absolute atomic E-state index is 1.02. The highest BCUT2D eigenvalue weighted by Gasteiger charge is 2.19. The molecular formula is C48H37N. The van der Waals surface area contributed by atoms with Gasteiger partial charge in [-0.1, -0.05) is 146 Å². The Bertz CT molecular complexity index is 2290. The maximum atomic E-state index is 2.51. The molecule has 0 amide bonds. The van der Waals surface area contributed by atoms with E-state index in [2.05, 4.69) is 181 Å². The summed E-state index contributed by atoms with van der Waals surface area (Å²) >= 11 is 0. The molecule has 0 fully saturated rings. The first-order chi connectivity index (χ1) is 24.3. The van der Waals surface area contributed by atoms with E-state index in [-0.39, 0.29) is 0 Å². The lowest BCUT2D eigenvalue weighted by Crippen LogP contribution is -2.03. The van der Waals surface area contributed by atoms with E-state index in [1.165, 1.54) is 83.2 Å². The Kier molecular flexibility index (Phi) is 7.52. The van der Waals surface area contributed by atoms with Gasteiger partial charge in [0.2, 0.25) is 0 Å². The fraction of sp³-hybridized carbons (Fsp3) is 0.0833. The number of nitrogens with zero attached hydrogens (tertiary/aromatic N) is 1. The van der Waals surface area contributed by atoms with Crippen LogP contribution in [0.1, 0.15) is 25.7 Å². The van der Waals surface area contributed by atoms with Crippen molar-refractivity contribution in [2.75, 3.05) is 0 Å². The zero-order chi connectivity index (χ0) is 32.6. The highest BCUT2D eigenvalue weighted by atomic mass is 15.0. The van der Waals surface area contributed by atoms with E-state index in [1.54, 1.807) is 0 Å². The Labute approximate surface area is 288 Å². The fourth-order valence-electron chi connectivity index (χ4n) is 7.61. The average molecular weight is 628 g/mol. The average Bonchev–Trinajstić information content (AvgIpc) is 3.52. The van der Waals surface area contributed by atoms with Crippen molar-refractivity contribution < 1.29 is 0 Å². The first-order valence-corrected chi connectivity index (χ1v) is 17.4. The highest BCUT2D eigenvalue weighted by molar-refractivity contribution is 6.12. The van der Waals surface area contributed by atoms with Crippen molar-refractivity contribution in [2.24, 2.45) is 0 Å². The number of aromatic nitrogens is 1. The van der Waals surface area contributed by atoms with Crippen molar-refractivity contribution >= 4 is 27.5 Å². The van der Waals surface area contributed by atoms with Gasteiger partial charge in [0.1, 0.15) is 0 Å². The van der Waals surface area contributed by atoms with Gasteiger partial charge < -0.3 is 4.57 Å². The lowest BCUT2D eigenvalue weighted by molar-refractivity contribution is 0.885. The molecule has 1 aromatic heterocycles. The molecule has 0 saturated heterocycles. The monoisotopic (exact) mass is 627 g/mol. The van der Waals surface area contributed by atoms with E-state index >= 15 is 0 Å². The largest absolute Gasteiger partial charge is 0.313 e. The predicted molar refractivity (Wildman–Crippen MR) is 209 cm³/mol. The lowest BCUT2D eigenvalue weighted by atomic mass is 9.90. The number of fused-ring (bicyclic) bond motifs is 3. The molecule has 1 heterocycles. The molecule has 0 spiro atoms. The third-order valence-corrected chi connectivity index (χ3v) is 10.3. The Morgan fingerprint density at radius 2 is 0.816 bits per heavy atom. The zero-order valence-corrected chi connectivity index (χ0v) is 27.5. The summed E-state index contributed by atoms with van der Waals surface area (Å²) in [5.74, 6) is 0. The summed E-state index contributed by atoms with van der Waals surface area (Å²) in [5.41, 5.74) is 16.8. The van der Waals surface area contributed by atoms with Crippen molar-refractivity contribution in [3.8, 4) is 44.5 Å². The molecule has 7 aromatic rings. The smallest absolute Gasteiger partial charge is 0.0538 e. The molecule has 49 heavy (non-hydrogen) atoms. The van der Waals surface area contributed by atoms with Gasteiger partial charge in [-0.15, -0.1) is 0 Å². The molecule has 1 heteroatoms. The van der Waals surface area contributed by atoms with Crippen LogP contribution in [0.2, 0.25) is 0 Å². The van der Waals surface area contributed by atoms with Crippen molar-refractivity contribution in [2.45, 2.75) is 25.7 Å². The van der Waals surface area contributed by atoms with Gasteiger partial charge in [0.15, 0.2) is 0 Å². The lowest BCUT2D eigenvalue weighted by Gasteiger charge is -2.20. The van der Waals surface area contributed by atoms with Gasteiger partial charge in [-0.3, -0.25) is 0 Å². The van der Waals surface area contributed by atoms with Gasteiger partial charge in [0.25, 0.3) is 0 Å². The summed E-state index contributed by atoms with van der Waals surface area (Å²) in [6.45, 7) is 0. The van der Waals surface area contributed by atoms with E-state index in [4.69, 9.17) is 0 Å². The molecule has 6 aromatic carbocycles. The van der Waals surface area contributed by atoms with Crippen LogP contribution in [0.3, 0.4) is 0 Å². The van der Waals surface area contributed by atoms with E-state index in [0.717, 1.165) is 25.7 Å². The predicted octanol–water partition coefficient (Wildman–Crippen LogP) is 13.3. The van der Waals surface area contributed by atoms with Crippen LogP contribution in [-0.2, 0) is 0 Å². The number of hydrogen-bond acceptors (Lipinski definition) is 0. The third-order valence-electron chi connectivity index (χ3n) is 10.3. The van der Waals surface area contributed by atoms with E-state index in [1.807, 2.05) is 0 Å². The van der Waals surface area contributed by atoms with Crippen molar-refractivity contribution in [3.05, 3.63) is 187 Å². The van der Waals surface area contributed by atoms with Gasteiger partial charge in [0.05, 0.1) is 11.0 Å². The van der Waals surface area contributed by atoms with Crippen LogP contribution in [0.4, 0.5) is 0 Å². The zero-order valence-electron chi connectivity index (χ0n) is 27.5. The van der Waals surface area contributed by atoms with E-state index < -0.39 is 0 Å². The van der Waals surface area contributed by atoms with Gasteiger partial charge in [0, 0.05) is 16.5 Å². The number of rotatable bonds is 6. The summed E-state index contributed by atoms with van der Waals surface area (Å²) < 4.78 is 2.51. The first kappa shape index (κ1) is 29.2. The summed E-state index contributed by atoms with van der Waals surface area (Å²) in [7, 11) is 0. The molecular weight excluding hydrogens is 591 g/mol. The van der Waals surface area contributed by atoms with Crippen LogP contribution in [0.5, 0.6) is 0 Å². The molecule has 1 nitrogen and oxygen atoms in total. The van der Waals surface area contributed by atoms with Crippen LogP contribution in [0, 0.1) is 0 Å². The molecule has 0 saturated carbocycles. The van der Waals surface area contributed by atoms with Crippen LogP contribution in [0.15, 0.2) is 187 Å². The van der Waals surface area contributed by atoms with Gasteiger partial charge in [-0.05, 0) is 112 Å². The summed E-state index contributed by atoms with van der Waals surface area (Å²) in [6, 6.07) is 53.3. The molecule has 0 unspecified atom stereocenters. The molecule has 9 rings (SSSR count). The highest BCUT2D eigenvalue weighted by Crippen LogP contribution is 2.40. The van der Waals surface area contributed by atoms with E-state index in [0.29, 0.717) is 0 Å². The summed E-state index contributed by atoms with van der Waals surface area (Å²) in [5, 5.41) is 2.58. The topological polar surface area (TPSA) is 4.93 Å². The fourth-order valence-corrected chi connectivity index (χ4v) is 7.61. The van der Waals surface area contributed by atoms with Gasteiger partial charge in [-0.25, -0.2) is 0 Å². The minimum atomic E-state index is 1.02. The second kappa shape index (κ2) is 12.6. The maximum absolute atomic E-state index is 2.51. The number of benzene rings is 6. The summed E-state index contributed by atoms with van der Waals surface area (Å²) in [6.07, 6.45) is 15.9. The molecule has 234 valence electrons. The number of hydrogen-bond donors (Lipinski definition) is 0. The third kappa shape index (κ3) is 5.58. The van der Waals surface area contributed by atoms with Gasteiger partial charge >= 0.3 is 0 Å². The Morgan fingerprint density at radius 1 is 0.367 bits per heavy atom. The minimum Gasteiger partial charge on any atom is -0.313 e. The quantitative estimate of drug-likeness (QED) is 0.173. The standard InChI is InChI=1S/C48H37N/c1-4-10-34(11-5-1)37-16-20-40(21-17-37)42-26-30-47-45(32-42)46-33-43(41-22-18-38(19-23-41)35-12-6-2-7-13-35)27-31-48(46)49(47)44-28-24-39(25-29-44)36-14-8-3-9-15-36/h1-8,10-14,16-24,26-28,30-33H,9,15,25,29H2. The Hall–Kier alpha value is -5.92. The van der Waals surface area contributed by atoms with Crippen molar-refractivity contribution in [3.63, 3.8) is 0 Å². The summed E-state index contributed by atoms with van der Waals surface area (Å²) in [4.78, 5) is 0. The first-order valence-electron chi connectivity index (χ1n) is 17.4. The normalized spacial score (nSPS) is 14.5. The van der Waals surface area contributed by atoms with Crippen LogP contribution >= 0.6 is 0 Å².